The quantitative estimate of drug-likeness (QED) is 0.0803. The number of benzene rings is 4. The maximum atomic E-state index is 14.0. The molecule has 0 saturated heterocycles. The van der Waals surface area contributed by atoms with Gasteiger partial charge in [0.05, 0.1) is 57.1 Å². The minimum Gasteiger partial charge on any atom is -0.497 e. The van der Waals surface area contributed by atoms with Gasteiger partial charge in [0, 0.05) is 22.8 Å². The number of Topliss-reactive ketones (excluding diaryl/α,β-unsaturated/α-hetero) is 2. The molecular weight excluding hydrogens is 859 g/mol. The molecular formula is C44H34Cl2F4N4O8. The second kappa shape index (κ2) is 21.0. The number of carbonyl (C=O) groups is 4. The van der Waals surface area contributed by atoms with Gasteiger partial charge in [0.25, 0.3) is 11.8 Å². The van der Waals surface area contributed by atoms with Crippen molar-refractivity contribution in [2.24, 2.45) is 0 Å². The third-order valence-corrected chi connectivity index (χ3v) is 9.35. The van der Waals surface area contributed by atoms with Crippen molar-refractivity contribution in [3.05, 3.63) is 153 Å². The maximum Gasteiger partial charge on any atom is 0.254 e. The molecule has 18 heteroatoms. The number of nitrogens with one attached hydrogen (secondary N) is 2. The number of carbonyl (C=O) groups excluding carboxylic acids is 4. The first-order valence-corrected chi connectivity index (χ1v) is 18.7. The van der Waals surface area contributed by atoms with E-state index in [1.54, 1.807) is 6.07 Å². The molecule has 0 aliphatic heterocycles. The molecule has 62 heavy (non-hydrogen) atoms. The number of aromatic nitrogens is 2. The molecule has 0 aliphatic rings. The molecule has 0 saturated carbocycles. The lowest BCUT2D eigenvalue weighted by molar-refractivity contribution is 0.0899. The van der Waals surface area contributed by atoms with Crippen LogP contribution in [0.15, 0.2) is 97.1 Å². The molecule has 2 N–H and O–H groups in total. The fourth-order valence-corrected chi connectivity index (χ4v) is 5.90. The molecule has 0 fully saturated rings. The van der Waals surface area contributed by atoms with E-state index in [4.69, 9.17) is 42.1 Å². The lowest BCUT2D eigenvalue weighted by Crippen LogP contribution is -2.30. The van der Waals surface area contributed by atoms with Crippen molar-refractivity contribution in [2.75, 3.05) is 41.5 Å². The molecule has 2 heterocycles. The first-order chi connectivity index (χ1) is 29.7. The molecule has 4 aromatic carbocycles. The number of amides is 2. The highest BCUT2D eigenvalue weighted by Gasteiger charge is 2.19. The number of methoxy groups -OCH3 is 4. The van der Waals surface area contributed by atoms with E-state index < -0.39 is 53.2 Å². The Morgan fingerprint density at radius 1 is 0.516 bits per heavy atom. The van der Waals surface area contributed by atoms with Gasteiger partial charge in [-0.05, 0) is 91.0 Å². The van der Waals surface area contributed by atoms with Crippen molar-refractivity contribution >= 4 is 46.6 Å². The monoisotopic (exact) mass is 892 g/mol. The molecule has 0 unspecified atom stereocenters. The van der Waals surface area contributed by atoms with E-state index >= 15 is 0 Å². The van der Waals surface area contributed by atoms with Crippen molar-refractivity contribution in [3.63, 3.8) is 0 Å². The topological polar surface area (TPSA) is 155 Å². The van der Waals surface area contributed by atoms with Crippen molar-refractivity contribution in [1.82, 2.24) is 20.6 Å². The van der Waals surface area contributed by atoms with E-state index in [2.05, 4.69) is 20.6 Å². The van der Waals surface area contributed by atoms with Gasteiger partial charge >= 0.3 is 0 Å². The predicted octanol–water partition coefficient (Wildman–Crippen LogP) is 8.62. The van der Waals surface area contributed by atoms with Gasteiger partial charge in [0.2, 0.25) is 0 Å². The van der Waals surface area contributed by atoms with Gasteiger partial charge in [0.15, 0.2) is 23.1 Å². The molecule has 6 aromatic rings. The summed E-state index contributed by atoms with van der Waals surface area (Å²) >= 11 is 11.7. The molecule has 0 atom stereocenters. The van der Waals surface area contributed by atoms with Crippen molar-refractivity contribution in [3.8, 4) is 45.5 Å². The molecule has 2 amide bonds. The second-order valence-corrected chi connectivity index (χ2v) is 13.5. The highest BCUT2D eigenvalue weighted by molar-refractivity contribution is 6.31. The van der Waals surface area contributed by atoms with E-state index in [0.717, 1.165) is 12.1 Å². The SMILES string of the molecule is COc1cc(C(=O)NCC(=O)c2ccc(OC)c(-c3ccc(F)c(Cl)c3)n2)ccc1F.COc1ccc(C(=O)NCC(=O)c2ccc(OC)c(-c3ccc(F)c(Cl)c3)n2)c(F)c1. The number of hydrogen-bond acceptors (Lipinski definition) is 10. The maximum absolute atomic E-state index is 14.0. The van der Waals surface area contributed by atoms with E-state index in [0.29, 0.717) is 28.3 Å². The molecule has 0 bridgehead atoms. The fourth-order valence-electron chi connectivity index (χ4n) is 5.54. The van der Waals surface area contributed by atoms with E-state index in [9.17, 15) is 36.7 Å². The van der Waals surface area contributed by atoms with Gasteiger partial charge in [-0.1, -0.05) is 23.2 Å². The first-order valence-electron chi connectivity index (χ1n) is 18.0. The molecule has 320 valence electrons. The molecule has 12 nitrogen and oxygen atoms in total. The second-order valence-electron chi connectivity index (χ2n) is 12.7. The number of ketones is 2. The summed E-state index contributed by atoms with van der Waals surface area (Å²) in [6.45, 7) is -0.755. The van der Waals surface area contributed by atoms with Crippen LogP contribution in [0.4, 0.5) is 17.6 Å². The number of hydrogen-bond donors (Lipinski definition) is 2. The summed E-state index contributed by atoms with van der Waals surface area (Å²) in [7, 11) is 5.52. The van der Waals surface area contributed by atoms with Crippen LogP contribution in [0.1, 0.15) is 41.7 Å². The van der Waals surface area contributed by atoms with E-state index in [1.165, 1.54) is 107 Å². The van der Waals surface area contributed by atoms with Gasteiger partial charge in [-0.15, -0.1) is 0 Å². The smallest absolute Gasteiger partial charge is 0.254 e. The minimum atomic E-state index is -0.776. The molecule has 0 radical (unpaired) electrons. The Hall–Kier alpha value is -7.04. The molecule has 6 rings (SSSR count). The van der Waals surface area contributed by atoms with Gasteiger partial charge in [0.1, 0.15) is 57.5 Å². The predicted molar refractivity (Wildman–Crippen MR) is 222 cm³/mol. The summed E-state index contributed by atoms with van der Waals surface area (Å²) in [5, 5.41) is 4.63. The normalized spacial score (nSPS) is 10.5. The fraction of sp³-hybridized carbons (Fsp3) is 0.136. The summed E-state index contributed by atoms with van der Waals surface area (Å²) < 4.78 is 74.8. The third kappa shape index (κ3) is 11.2. The van der Waals surface area contributed by atoms with Crippen molar-refractivity contribution in [1.29, 1.82) is 0 Å². The Morgan fingerprint density at radius 2 is 1.00 bits per heavy atom. The number of rotatable bonds is 14. The van der Waals surface area contributed by atoms with Crippen LogP contribution in [0.2, 0.25) is 10.0 Å². The average molecular weight is 894 g/mol. The third-order valence-electron chi connectivity index (χ3n) is 8.77. The van der Waals surface area contributed by atoms with Crippen molar-refractivity contribution in [2.45, 2.75) is 0 Å². The summed E-state index contributed by atoms with van der Waals surface area (Å²) in [5.74, 6) is -3.99. The lowest BCUT2D eigenvalue weighted by atomic mass is 10.1. The average Bonchev–Trinajstić information content (AvgIpc) is 3.28. The zero-order valence-corrected chi connectivity index (χ0v) is 34.6. The van der Waals surface area contributed by atoms with Gasteiger partial charge in [-0.25, -0.2) is 27.5 Å². The van der Waals surface area contributed by atoms with Crippen LogP contribution in [0, 0.1) is 23.3 Å². The van der Waals surface area contributed by atoms with Gasteiger partial charge in [-0.2, -0.15) is 0 Å². The highest BCUT2D eigenvalue weighted by atomic mass is 35.5. The Bertz CT molecular complexity index is 2670. The Morgan fingerprint density at radius 3 is 1.45 bits per heavy atom. The van der Waals surface area contributed by atoms with Crippen LogP contribution >= 0.6 is 23.2 Å². The number of ether oxygens (including phenoxy) is 4. The standard InChI is InChI=1S/2C22H17ClF2N2O4/c1-30-13-4-5-14(17(25)10-13)22(29)26-11-19(28)18-7-8-20(31-2)21(27-18)12-3-6-16(24)15(23)9-12;1-30-19-8-7-17(27-21(19)12-3-5-15(24)14(23)9-12)18(28)11-26-22(29)13-4-6-16(25)20(10-13)31-2/h2*3-10H,11H2,1-2H3,(H,26,29). The van der Waals surface area contributed by atoms with E-state index in [-0.39, 0.29) is 56.3 Å². The van der Waals surface area contributed by atoms with Crippen LogP contribution in [0.3, 0.4) is 0 Å². The van der Waals surface area contributed by atoms with E-state index in [1.807, 2.05) is 0 Å². The number of nitrogens with zero attached hydrogens (tertiary/aromatic N) is 2. The van der Waals surface area contributed by atoms with Crippen LogP contribution in [0.25, 0.3) is 22.5 Å². The Kier molecular flexibility index (Phi) is 15.6. The Balaban J connectivity index is 0.000000234. The number of pyridine rings is 2. The zero-order valence-electron chi connectivity index (χ0n) is 33.1. The van der Waals surface area contributed by atoms with Crippen LogP contribution in [-0.2, 0) is 0 Å². The summed E-state index contributed by atoms with van der Waals surface area (Å²) in [4.78, 5) is 58.2. The zero-order chi connectivity index (χ0) is 45.1. The highest BCUT2D eigenvalue weighted by Crippen LogP contribution is 2.32. The molecule has 0 aliphatic carbocycles. The molecule has 2 aromatic heterocycles. The van der Waals surface area contributed by atoms with Crippen LogP contribution < -0.4 is 29.6 Å². The lowest BCUT2D eigenvalue weighted by Gasteiger charge is -2.11. The van der Waals surface area contributed by atoms with Gasteiger partial charge < -0.3 is 29.6 Å². The van der Waals surface area contributed by atoms with Crippen molar-refractivity contribution < 1.29 is 55.7 Å². The summed E-state index contributed by atoms with van der Waals surface area (Å²) in [5.41, 5.74) is 1.49. The molecule has 0 spiro atoms. The Labute approximate surface area is 361 Å². The summed E-state index contributed by atoms with van der Waals surface area (Å²) in [6, 6.07) is 21.3. The van der Waals surface area contributed by atoms with Crippen LogP contribution in [-0.4, -0.2) is 74.9 Å². The van der Waals surface area contributed by atoms with Gasteiger partial charge in [-0.3, -0.25) is 19.2 Å². The first kappa shape index (κ1) is 46.0. The number of halogens is 6. The minimum absolute atomic E-state index is 0.0340. The van der Waals surface area contributed by atoms with Crippen LogP contribution in [0.5, 0.6) is 23.0 Å². The largest absolute Gasteiger partial charge is 0.497 e. The summed E-state index contributed by atoms with van der Waals surface area (Å²) in [6.07, 6.45) is 0.